The summed E-state index contributed by atoms with van der Waals surface area (Å²) < 4.78 is 2.09. The number of nitrogens with one attached hydrogen (secondary N) is 1. The molecule has 0 spiro atoms. The normalized spacial score (nSPS) is 12.9. The second kappa shape index (κ2) is 7.44. The van der Waals surface area contributed by atoms with Gasteiger partial charge in [0.2, 0.25) is 0 Å². The van der Waals surface area contributed by atoms with Gasteiger partial charge in [-0.15, -0.1) is 0 Å². The summed E-state index contributed by atoms with van der Waals surface area (Å²) in [7, 11) is 1.95. The van der Waals surface area contributed by atoms with Gasteiger partial charge in [0.1, 0.15) is 0 Å². The molecule has 16 heavy (non-hydrogen) atoms. The predicted molar refractivity (Wildman–Crippen MR) is 68.3 cm³/mol. The number of rotatable bonds is 8. The average Bonchev–Trinajstić information content (AvgIpc) is 2.72. The summed E-state index contributed by atoms with van der Waals surface area (Å²) in [6.07, 6.45) is 7.31. The van der Waals surface area contributed by atoms with Crippen molar-refractivity contribution in [1.29, 1.82) is 0 Å². The minimum atomic E-state index is 0.780. The van der Waals surface area contributed by atoms with Crippen LogP contribution in [0.25, 0.3) is 0 Å². The zero-order valence-corrected chi connectivity index (χ0v) is 10.9. The molecule has 1 rings (SSSR count). The van der Waals surface area contributed by atoms with Crippen LogP contribution in [0.15, 0.2) is 12.3 Å². The van der Waals surface area contributed by atoms with Crippen molar-refractivity contribution in [3.8, 4) is 0 Å². The van der Waals surface area contributed by atoms with E-state index < -0.39 is 0 Å². The number of aromatic nitrogens is 2. The Labute approximate surface area is 99.2 Å². The molecule has 92 valence electrons. The van der Waals surface area contributed by atoms with Crippen LogP contribution < -0.4 is 5.32 Å². The highest BCUT2D eigenvalue weighted by atomic mass is 15.3. The minimum Gasteiger partial charge on any atom is -0.314 e. The molecule has 1 atom stereocenters. The molecular weight excluding hydrogens is 198 g/mol. The first kappa shape index (κ1) is 13.2. The summed E-state index contributed by atoms with van der Waals surface area (Å²) in [6, 6.07) is 2.10. The van der Waals surface area contributed by atoms with Crippen molar-refractivity contribution >= 4 is 0 Å². The maximum absolute atomic E-state index is 4.55. The Bertz CT molecular complexity index is 280. The van der Waals surface area contributed by atoms with Crippen LogP contribution in [0.4, 0.5) is 0 Å². The van der Waals surface area contributed by atoms with E-state index in [1.165, 1.54) is 25.7 Å². The van der Waals surface area contributed by atoms with Gasteiger partial charge >= 0.3 is 0 Å². The molecule has 0 aliphatic carbocycles. The van der Waals surface area contributed by atoms with Crippen LogP contribution in [0.5, 0.6) is 0 Å². The van der Waals surface area contributed by atoms with Gasteiger partial charge in [0, 0.05) is 19.3 Å². The van der Waals surface area contributed by atoms with E-state index in [-0.39, 0.29) is 0 Å². The quantitative estimate of drug-likeness (QED) is 0.734. The first-order chi connectivity index (χ1) is 7.80. The van der Waals surface area contributed by atoms with Gasteiger partial charge in [-0.1, -0.05) is 33.1 Å². The SMILES string of the molecule is CCCCC(CC)Cn1ccc(CNC)n1. The lowest BCUT2D eigenvalue weighted by atomic mass is 10.00. The van der Waals surface area contributed by atoms with E-state index in [0.29, 0.717) is 0 Å². The van der Waals surface area contributed by atoms with Crippen molar-refractivity contribution in [2.24, 2.45) is 5.92 Å². The fourth-order valence-electron chi connectivity index (χ4n) is 1.96. The topological polar surface area (TPSA) is 29.9 Å². The first-order valence-electron chi connectivity index (χ1n) is 6.47. The molecule has 0 aliphatic rings. The monoisotopic (exact) mass is 223 g/mol. The van der Waals surface area contributed by atoms with E-state index in [4.69, 9.17) is 0 Å². The molecule has 1 aromatic heterocycles. The largest absolute Gasteiger partial charge is 0.314 e. The summed E-state index contributed by atoms with van der Waals surface area (Å²) >= 11 is 0. The van der Waals surface area contributed by atoms with Crippen molar-refractivity contribution in [3.05, 3.63) is 18.0 Å². The van der Waals surface area contributed by atoms with E-state index in [0.717, 1.165) is 24.7 Å². The number of nitrogens with zero attached hydrogens (tertiary/aromatic N) is 2. The fourth-order valence-corrected chi connectivity index (χ4v) is 1.96. The molecule has 0 fully saturated rings. The third kappa shape index (κ3) is 4.35. The summed E-state index contributed by atoms with van der Waals surface area (Å²) in [6.45, 7) is 6.46. The summed E-state index contributed by atoms with van der Waals surface area (Å²) in [5.74, 6) is 0.780. The Balaban J connectivity index is 2.43. The zero-order valence-electron chi connectivity index (χ0n) is 10.9. The Morgan fingerprint density at radius 2 is 2.25 bits per heavy atom. The van der Waals surface area contributed by atoms with Crippen LogP contribution in [0.2, 0.25) is 0 Å². The van der Waals surface area contributed by atoms with E-state index >= 15 is 0 Å². The van der Waals surface area contributed by atoms with Gasteiger partial charge in [0.15, 0.2) is 0 Å². The predicted octanol–water partition coefficient (Wildman–Crippen LogP) is 2.82. The van der Waals surface area contributed by atoms with E-state index in [1.807, 2.05) is 7.05 Å². The van der Waals surface area contributed by atoms with Crippen molar-refractivity contribution in [2.75, 3.05) is 7.05 Å². The van der Waals surface area contributed by atoms with Crippen LogP contribution in [-0.2, 0) is 13.1 Å². The Morgan fingerprint density at radius 3 is 2.88 bits per heavy atom. The van der Waals surface area contributed by atoms with E-state index in [1.54, 1.807) is 0 Å². The molecule has 0 radical (unpaired) electrons. The molecule has 1 unspecified atom stereocenters. The smallest absolute Gasteiger partial charge is 0.0762 e. The lowest BCUT2D eigenvalue weighted by Gasteiger charge is -2.14. The van der Waals surface area contributed by atoms with Gasteiger partial charge < -0.3 is 5.32 Å². The second-order valence-corrected chi connectivity index (χ2v) is 4.48. The highest BCUT2D eigenvalue weighted by Gasteiger charge is 2.07. The Hall–Kier alpha value is -0.830. The molecule has 0 aromatic carbocycles. The minimum absolute atomic E-state index is 0.780. The lowest BCUT2D eigenvalue weighted by molar-refractivity contribution is 0.371. The van der Waals surface area contributed by atoms with Crippen LogP contribution in [0.3, 0.4) is 0 Å². The molecule has 0 bridgehead atoms. The van der Waals surface area contributed by atoms with Crippen molar-refractivity contribution in [3.63, 3.8) is 0 Å². The van der Waals surface area contributed by atoms with Crippen LogP contribution in [0.1, 0.15) is 45.2 Å². The Kier molecular flexibility index (Phi) is 6.16. The molecule has 1 aromatic rings. The van der Waals surface area contributed by atoms with E-state index in [9.17, 15) is 0 Å². The fraction of sp³-hybridized carbons (Fsp3) is 0.769. The molecule has 0 amide bonds. The molecular formula is C13H25N3. The zero-order chi connectivity index (χ0) is 11.8. The summed E-state index contributed by atoms with van der Waals surface area (Å²) in [5, 5.41) is 7.67. The van der Waals surface area contributed by atoms with Gasteiger partial charge in [0.25, 0.3) is 0 Å². The summed E-state index contributed by atoms with van der Waals surface area (Å²) in [5.41, 5.74) is 1.13. The van der Waals surface area contributed by atoms with Gasteiger partial charge in [-0.2, -0.15) is 5.10 Å². The molecule has 0 aliphatic heterocycles. The molecule has 3 nitrogen and oxygen atoms in total. The maximum atomic E-state index is 4.55. The van der Waals surface area contributed by atoms with Gasteiger partial charge in [0.05, 0.1) is 5.69 Å². The van der Waals surface area contributed by atoms with Gasteiger partial charge in [-0.25, -0.2) is 0 Å². The van der Waals surface area contributed by atoms with Crippen LogP contribution >= 0.6 is 0 Å². The van der Waals surface area contributed by atoms with Crippen molar-refractivity contribution in [2.45, 2.75) is 52.6 Å². The maximum Gasteiger partial charge on any atom is 0.0762 e. The van der Waals surface area contributed by atoms with E-state index in [2.05, 4.69) is 41.2 Å². The molecule has 3 heteroatoms. The molecule has 1 N–H and O–H groups in total. The van der Waals surface area contributed by atoms with Crippen molar-refractivity contribution in [1.82, 2.24) is 15.1 Å². The number of unbranched alkanes of at least 4 members (excludes halogenated alkanes) is 1. The van der Waals surface area contributed by atoms with Crippen LogP contribution in [0, 0.1) is 5.92 Å². The molecule has 0 saturated heterocycles. The highest BCUT2D eigenvalue weighted by molar-refractivity contribution is 4.98. The highest BCUT2D eigenvalue weighted by Crippen LogP contribution is 2.14. The number of hydrogen-bond acceptors (Lipinski definition) is 2. The third-order valence-corrected chi connectivity index (χ3v) is 3.04. The molecule has 1 heterocycles. The second-order valence-electron chi connectivity index (χ2n) is 4.48. The van der Waals surface area contributed by atoms with Crippen molar-refractivity contribution < 1.29 is 0 Å². The Morgan fingerprint density at radius 1 is 1.44 bits per heavy atom. The van der Waals surface area contributed by atoms with Gasteiger partial charge in [-0.3, -0.25) is 4.68 Å². The first-order valence-corrected chi connectivity index (χ1v) is 6.47. The lowest BCUT2D eigenvalue weighted by Crippen LogP contribution is -2.12. The van der Waals surface area contributed by atoms with Gasteiger partial charge in [-0.05, 0) is 25.5 Å². The number of hydrogen-bond donors (Lipinski definition) is 1. The van der Waals surface area contributed by atoms with Crippen LogP contribution in [-0.4, -0.2) is 16.8 Å². The average molecular weight is 223 g/mol. The molecule has 0 saturated carbocycles. The standard InChI is InChI=1S/C13H25N3/c1-4-6-7-12(5-2)11-16-9-8-13(15-16)10-14-3/h8-9,12,14H,4-7,10-11H2,1-3H3. The third-order valence-electron chi connectivity index (χ3n) is 3.04. The summed E-state index contributed by atoms with van der Waals surface area (Å²) in [4.78, 5) is 0.